The van der Waals surface area contributed by atoms with Gasteiger partial charge in [0.1, 0.15) is 12.0 Å². The number of halogens is 1. The first kappa shape index (κ1) is 16.8. The molecule has 1 aliphatic heterocycles. The molecule has 2 N–H and O–H groups in total. The van der Waals surface area contributed by atoms with Crippen molar-refractivity contribution >= 4 is 13.4 Å². The lowest BCUT2D eigenvalue weighted by Crippen LogP contribution is -2.27. The minimum Gasteiger partial charge on any atom is -0.383 e. The third kappa shape index (κ3) is 3.44. The van der Waals surface area contributed by atoms with Crippen molar-refractivity contribution in [3.8, 4) is 0 Å². The fourth-order valence-electron chi connectivity index (χ4n) is 2.11. The molecule has 0 saturated carbocycles. The van der Waals surface area contributed by atoms with Gasteiger partial charge in [-0.25, -0.2) is 4.79 Å². The van der Waals surface area contributed by atoms with Gasteiger partial charge in [-0.15, -0.1) is 0 Å². The molecule has 1 aliphatic rings. The van der Waals surface area contributed by atoms with E-state index in [2.05, 4.69) is 14.0 Å². The van der Waals surface area contributed by atoms with E-state index in [-0.39, 0.29) is 5.82 Å². The van der Waals surface area contributed by atoms with Gasteiger partial charge in [0.25, 0.3) is 0 Å². The van der Waals surface area contributed by atoms with E-state index < -0.39 is 31.2 Å². The molecule has 0 bridgehead atoms. The number of anilines is 1. The largest absolute Gasteiger partial charge is 0.388 e. The summed E-state index contributed by atoms with van der Waals surface area (Å²) in [6.45, 7) is 0. The van der Waals surface area contributed by atoms with Crippen molar-refractivity contribution < 1.29 is 22.7 Å². The summed E-state index contributed by atoms with van der Waals surface area (Å²) in [4.78, 5) is 15.3. The molecule has 22 heavy (non-hydrogen) atoms. The Balaban J connectivity index is 2.13. The maximum atomic E-state index is 13.9. The second-order valence-corrected chi connectivity index (χ2v) is 6.75. The Morgan fingerprint density at radius 2 is 2.23 bits per heavy atom. The zero-order chi connectivity index (χ0) is 16.3. The quantitative estimate of drug-likeness (QED) is 0.819. The molecule has 0 spiro atoms. The van der Waals surface area contributed by atoms with Crippen LogP contribution in [0.1, 0.15) is 19.1 Å². The van der Waals surface area contributed by atoms with Crippen LogP contribution in [0, 0.1) is 0 Å². The van der Waals surface area contributed by atoms with Gasteiger partial charge >= 0.3 is 13.3 Å². The van der Waals surface area contributed by atoms with Gasteiger partial charge in [0.2, 0.25) is 5.57 Å². The van der Waals surface area contributed by atoms with E-state index in [4.69, 9.17) is 10.5 Å². The monoisotopic (exact) mass is 333 g/mol. The molecule has 2 rings (SSSR count). The third-order valence-electron chi connectivity index (χ3n) is 3.26. The molecule has 8 nitrogen and oxygen atoms in total. The number of aromatic nitrogens is 2. The van der Waals surface area contributed by atoms with Crippen LogP contribution in [0.3, 0.4) is 0 Å². The summed E-state index contributed by atoms with van der Waals surface area (Å²) >= 11 is 0. The lowest BCUT2D eigenvalue weighted by Gasteiger charge is -2.15. The Morgan fingerprint density at radius 3 is 2.82 bits per heavy atom. The Labute approximate surface area is 126 Å². The molecule has 0 radical (unpaired) electrons. The van der Waals surface area contributed by atoms with Crippen LogP contribution < -0.4 is 11.4 Å². The first-order valence-electron chi connectivity index (χ1n) is 6.49. The summed E-state index contributed by atoms with van der Waals surface area (Å²) in [6, 6.07) is 1.47. The van der Waals surface area contributed by atoms with Gasteiger partial charge in [-0.1, -0.05) is 0 Å². The standard InChI is InChI=1S/C12H17FN3O5P/c1-19-22(18,20-2)9(13)7-8-3-4-11(21-8)16-6-5-10(14)15-12(16)17/h5-8,11H,3-4H2,1-2H3,(H2,14,15,17)/b9-7-. The van der Waals surface area contributed by atoms with Crippen LogP contribution in [-0.2, 0) is 18.3 Å². The summed E-state index contributed by atoms with van der Waals surface area (Å²) in [7, 11) is -1.73. The molecule has 10 heteroatoms. The van der Waals surface area contributed by atoms with Crippen LogP contribution in [0.4, 0.5) is 10.2 Å². The molecule has 0 amide bonds. The first-order chi connectivity index (χ1) is 10.4. The van der Waals surface area contributed by atoms with E-state index in [0.29, 0.717) is 12.8 Å². The highest BCUT2D eigenvalue weighted by atomic mass is 31.2. The van der Waals surface area contributed by atoms with E-state index >= 15 is 0 Å². The van der Waals surface area contributed by atoms with Crippen molar-refractivity contribution in [3.63, 3.8) is 0 Å². The lowest BCUT2D eigenvalue weighted by atomic mass is 10.2. The van der Waals surface area contributed by atoms with Crippen molar-refractivity contribution in [1.82, 2.24) is 9.55 Å². The molecule has 1 aromatic heterocycles. The number of hydrogen-bond donors (Lipinski definition) is 1. The smallest absolute Gasteiger partial charge is 0.383 e. The minimum atomic E-state index is -3.92. The zero-order valence-electron chi connectivity index (χ0n) is 12.1. The predicted octanol–water partition coefficient (Wildman–Crippen LogP) is 1.80. The Bertz CT molecular complexity index is 669. The molecule has 2 heterocycles. The Morgan fingerprint density at radius 1 is 1.55 bits per heavy atom. The number of nitrogens with two attached hydrogens (primary N) is 1. The second kappa shape index (κ2) is 6.70. The van der Waals surface area contributed by atoms with Gasteiger partial charge in [0, 0.05) is 20.4 Å². The summed E-state index contributed by atoms with van der Waals surface area (Å²) < 4.78 is 41.7. The van der Waals surface area contributed by atoms with E-state index in [0.717, 1.165) is 20.3 Å². The lowest BCUT2D eigenvalue weighted by molar-refractivity contribution is 0.0197. The maximum Gasteiger partial charge on any atom is 0.388 e. The molecular formula is C12H17FN3O5P. The van der Waals surface area contributed by atoms with Crippen molar-refractivity contribution in [1.29, 1.82) is 0 Å². The van der Waals surface area contributed by atoms with Gasteiger partial charge in [-0.3, -0.25) is 9.13 Å². The summed E-state index contributed by atoms with van der Waals surface area (Å²) in [5.41, 5.74) is 3.85. The van der Waals surface area contributed by atoms with Crippen LogP contribution in [0.2, 0.25) is 0 Å². The van der Waals surface area contributed by atoms with E-state index in [1.165, 1.54) is 16.8 Å². The Hall–Kier alpha value is -1.54. The number of hydrogen-bond acceptors (Lipinski definition) is 7. The van der Waals surface area contributed by atoms with Gasteiger partial charge in [-0.2, -0.15) is 9.37 Å². The summed E-state index contributed by atoms with van der Waals surface area (Å²) in [5, 5.41) is 0. The third-order valence-corrected chi connectivity index (χ3v) is 4.89. The number of nitrogen functional groups attached to an aromatic ring is 1. The molecular weight excluding hydrogens is 316 g/mol. The first-order valence-corrected chi connectivity index (χ1v) is 8.03. The van der Waals surface area contributed by atoms with Gasteiger partial charge in [-0.05, 0) is 25.0 Å². The van der Waals surface area contributed by atoms with Crippen molar-refractivity contribution in [2.75, 3.05) is 20.0 Å². The van der Waals surface area contributed by atoms with Crippen molar-refractivity contribution in [3.05, 3.63) is 34.4 Å². The predicted molar refractivity (Wildman–Crippen MR) is 76.9 cm³/mol. The van der Waals surface area contributed by atoms with Crippen LogP contribution in [0.5, 0.6) is 0 Å². The maximum absolute atomic E-state index is 13.9. The molecule has 122 valence electrons. The number of rotatable bonds is 5. The number of ether oxygens (including phenoxy) is 1. The van der Waals surface area contributed by atoms with Crippen LogP contribution in [-0.4, -0.2) is 29.9 Å². The molecule has 1 saturated heterocycles. The highest BCUT2D eigenvalue weighted by molar-refractivity contribution is 7.58. The minimum absolute atomic E-state index is 0.114. The zero-order valence-corrected chi connectivity index (χ0v) is 13.0. The highest BCUT2D eigenvalue weighted by Crippen LogP contribution is 2.55. The SMILES string of the molecule is COP(=O)(OC)/C(F)=C\C1CCC(n2ccc(N)nc2=O)O1. The van der Waals surface area contributed by atoms with Crippen molar-refractivity contribution in [2.45, 2.75) is 25.2 Å². The average Bonchev–Trinajstić information content (AvgIpc) is 2.94. The van der Waals surface area contributed by atoms with E-state index in [1.807, 2.05) is 0 Å². The van der Waals surface area contributed by atoms with Crippen LogP contribution in [0.25, 0.3) is 0 Å². The number of nitrogens with zero attached hydrogens (tertiary/aromatic N) is 2. The van der Waals surface area contributed by atoms with Gasteiger partial charge in [0.05, 0.1) is 6.10 Å². The Kier molecular flexibility index (Phi) is 5.12. The molecule has 2 atom stereocenters. The van der Waals surface area contributed by atoms with E-state index in [9.17, 15) is 13.8 Å². The molecule has 0 aromatic carbocycles. The molecule has 1 aromatic rings. The van der Waals surface area contributed by atoms with Crippen molar-refractivity contribution in [2.24, 2.45) is 0 Å². The van der Waals surface area contributed by atoms with E-state index in [1.54, 1.807) is 0 Å². The normalized spacial score (nSPS) is 23.0. The molecule has 0 aliphatic carbocycles. The second-order valence-electron chi connectivity index (χ2n) is 4.60. The summed E-state index contributed by atoms with van der Waals surface area (Å²) in [6.07, 6.45) is 2.20. The highest BCUT2D eigenvalue weighted by Gasteiger charge is 2.32. The molecule has 1 fully saturated rings. The van der Waals surface area contributed by atoms with Crippen LogP contribution >= 0.6 is 7.60 Å². The topological polar surface area (TPSA) is 106 Å². The fraction of sp³-hybridized carbons (Fsp3) is 0.500. The summed E-state index contributed by atoms with van der Waals surface area (Å²) in [5.74, 6) is 0.114. The average molecular weight is 333 g/mol. The fourth-order valence-corrected chi connectivity index (χ4v) is 2.96. The van der Waals surface area contributed by atoms with Gasteiger partial charge < -0.3 is 19.5 Å². The molecule has 2 unspecified atom stereocenters. The van der Waals surface area contributed by atoms with Crippen LogP contribution in [0.15, 0.2) is 28.7 Å². The van der Waals surface area contributed by atoms with Gasteiger partial charge in [0.15, 0.2) is 0 Å².